The van der Waals surface area contributed by atoms with Crippen LogP contribution in [-0.4, -0.2) is 37.4 Å². The molecule has 6 heteroatoms. The molecule has 152 valence electrons. The summed E-state index contributed by atoms with van der Waals surface area (Å²) in [4.78, 5) is 2.15. The summed E-state index contributed by atoms with van der Waals surface area (Å²) in [7, 11) is 3.32. The molecule has 0 heterocycles. The Morgan fingerprint density at radius 2 is 1.82 bits per heavy atom. The summed E-state index contributed by atoms with van der Waals surface area (Å²) in [5.41, 5.74) is 2.02. The highest BCUT2D eigenvalue weighted by molar-refractivity contribution is 7.80. The van der Waals surface area contributed by atoms with Crippen molar-refractivity contribution in [2.24, 2.45) is 0 Å². The summed E-state index contributed by atoms with van der Waals surface area (Å²) in [6.07, 6.45) is 1.95. The second-order valence-electron chi connectivity index (χ2n) is 6.42. The molecule has 5 nitrogen and oxygen atoms in total. The van der Waals surface area contributed by atoms with Crippen molar-refractivity contribution >= 4 is 23.0 Å². The van der Waals surface area contributed by atoms with Crippen molar-refractivity contribution in [2.45, 2.75) is 33.2 Å². The molecule has 0 bridgehead atoms. The van der Waals surface area contributed by atoms with E-state index in [2.05, 4.69) is 30.1 Å². The van der Waals surface area contributed by atoms with Gasteiger partial charge in [0.25, 0.3) is 0 Å². The van der Waals surface area contributed by atoms with E-state index < -0.39 is 0 Å². The van der Waals surface area contributed by atoms with Crippen molar-refractivity contribution in [2.75, 3.05) is 32.7 Å². The Bertz CT molecular complexity index is 767. The molecular formula is C22H30N2O3S. The molecule has 0 saturated heterocycles. The average Bonchev–Trinajstić information content (AvgIpc) is 2.72. The minimum absolute atomic E-state index is 0.673. The molecular weight excluding hydrogens is 372 g/mol. The fourth-order valence-corrected chi connectivity index (χ4v) is 3.06. The third-order valence-corrected chi connectivity index (χ3v) is 4.53. The fourth-order valence-electron chi connectivity index (χ4n) is 2.79. The van der Waals surface area contributed by atoms with Crippen LogP contribution in [0.5, 0.6) is 17.2 Å². The Morgan fingerprint density at radius 3 is 2.50 bits per heavy atom. The normalized spacial score (nSPS) is 10.3. The van der Waals surface area contributed by atoms with E-state index in [4.69, 9.17) is 26.4 Å². The lowest BCUT2D eigenvalue weighted by Crippen LogP contribution is -2.34. The second kappa shape index (κ2) is 11.4. The van der Waals surface area contributed by atoms with E-state index in [0.29, 0.717) is 18.3 Å². The zero-order valence-electron chi connectivity index (χ0n) is 17.2. The van der Waals surface area contributed by atoms with Crippen LogP contribution >= 0.6 is 12.2 Å². The number of ether oxygens (including phenoxy) is 3. The molecule has 2 aromatic carbocycles. The number of thiocarbonyl (C=S) groups is 1. The van der Waals surface area contributed by atoms with Crippen molar-refractivity contribution in [3.05, 3.63) is 48.0 Å². The van der Waals surface area contributed by atoms with Gasteiger partial charge in [-0.05, 0) is 54.9 Å². The van der Waals surface area contributed by atoms with Crippen LogP contribution < -0.4 is 19.5 Å². The van der Waals surface area contributed by atoms with E-state index in [1.807, 2.05) is 36.4 Å². The van der Waals surface area contributed by atoms with Gasteiger partial charge in [-0.3, -0.25) is 0 Å². The quantitative estimate of drug-likeness (QED) is 0.558. The highest BCUT2D eigenvalue weighted by atomic mass is 32.1. The molecule has 2 aromatic rings. The summed E-state index contributed by atoms with van der Waals surface area (Å²) in [6, 6.07) is 13.8. The predicted molar refractivity (Wildman–Crippen MR) is 119 cm³/mol. The molecule has 0 radical (unpaired) electrons. The van der Waals surface area contributed by atoms with Crippen LogP contribution in [0.2, 0.25) is 0 Å². The molecule has 0 unspecified atom stereocenters. The molecule has 0 spiro atoms. The molecule has 0 atom stereocenters. The lowest BCUT2D eigenvalue weighted by Gasteiger charge is -2.26. The van der Waals surface area contributed by atoms with E-state index in [1.165, 1.54) is 0 Å². The Balaban J connectivity index is 2.11. The minimum atomic E-state index is 0.673. The van der Waals surface area contributed by atoms with Crippen molar-refractivity contribution in [3.8, 4) is 17.2 Å². The first-order valence-corrected chi connectivity index (χ1v) is 10.0. The zero-order valence-corrected chi connectivity index (χ0v) is 18.0. The largest absolute Gasteiger partial charge is 0.497 e. The number of nitrogens with one attached hydrogen (secondary N) is 1. The van der Waals surface area contributed by atoms with E-state index >= 15 is 0 Å². The van der Waals surface area contributed by atoms with Gasteiger partial charge in [0.1, 0.15) is 5.75 Å². The van der Waals surface area contributed by atoms with E-state index in [0.717, 1.165) is 47.9 Å². The van der Waals surface area contributed by atoms with Gasteiger partial charge in [0.05, 0.1) is 20.8 Å². The molecule has 2 rings (SSSR count). The monoisotopic (exact) mass is 402 g/mol. The maximum Gasteiger partial charge on any atom is 0.173 e. The summed E-state index contributed by atoms with van der Waals surface area (Å²) >= 11 is 5.66. The van der Waals surface area contributed by atoms with Gasteiger partial charge in [-0.1, -0.05) is 26.0 Å². The summed E-state index contributed by atoms with van der Waals surface area (Å²) in [6.45, 7) is 6.44. The number of anilines is 1. The van der Waals surface area contributed by atoms with Crippen LogP contribution in [0.25, 0.3) is 0 Å². The van der Waals surface area contributed by atoms with E-state index in [1.54, 1.807) is 14.2 Å². The van der Waals surface area contributed by atoms with Crippen molar-refractivity contribution in [1.29, 1.82) is 0 Å². The third-order valence-electron chi connectivity index (χ3n) is 4.16. The van der Waals surface area contributed by atoms with E-state index in [9.17, 15) is 0 Å². The highest BCUT2D eigenvalue weighted by Crippen LogP contribution is 2.29. The van der Waals surface area contributed by atoms with Crippen molar-refractivity contribution < 1.29 is 14.2 Å². The average molecular weight is 403 g/mol. The van der Waals surface area contributed by atoms with Crippen LogP contribution in [0, 0.1) is 0 Å². The van der Waals surface area contributed by atoms with Gasteiger partial charge in [-0.15, -0.1) is 0 Å². The first-order valence-electron chi connectivity index (χ1n) is 9.60. The zero-order chi connectivity index (χ0) is 20.4. The summed E-state index contributed by atoms with van der Waals surface area (Å²) in [5, 5.41) is 3.99. The Morgan fingerprint density at radius 1 is 1.00 bits per heavy atom. The maximum absolute atomic E-state index is 5.74. The first kappa shape index (κ1) is 21.8. The smallest absolute Gasteiger partial charge is 0.173 e. The third kappa shape index (κ3) is 6.30. The second-order valence-corrected chi connectivity index (χ2v) is 6.80. The first-order chi connectivity index (χ1) is 13.6. The molecule has 0 fully saturated rings. The van der Waals surface area contributed by atoms with Crippen LogP contribution in [0.4, 0.5) is 5.69 Å². The number of methoxy groups -OCH3 is 2. The molecule has 0 aliphatic heterocycles. The van der Waals surface area contributed by atoms with Gasteiger partial charge >= 0.3 is 0 Å². The SMILES string of the molecule is CCCOc1ccc(CN(CCC)C(=S)Nc2cccc(OC)c2)cc1OC. The van der Waals surface area contributed by atoms with Crippen LogP contribution in [0.3, 0.4) is 0 Å². The van der Waals surface area contributed by atoms with E-state index in [-0.39, 0.29) is 0 Å². The topological polar surface area (TPSA) is 43.0 Å². The molecule has 28 heavy (non-hydrogen) atoms. The molecule has 0 saturated carbocycles. The molecule has 1 N–H and O–H groups in total. The molecule has 0 amide bonds. The molecule has 0 aromatic heterocycles. The van der Waals surface area contributed by atoms with Crippen molar-refractivity contribution in [1.82, 2.24) is 4.90 Å². The summed E-state index contributed by atoms with van der Waals surface area (Å²) in [5.74, 6) is 2.31. The van der Waals surface area contributed by atoms with Crippen LogP contribution in [-0.2, 0) is 6.54 Å². The van der Waals surface area contributed by atoms with Gasteiger partial charge in [-0.2, -0.15) is 0 Å². The Hall–Kier alpha value is -2.47. The predicted octanol–water partition coefficient (Wildman–Crippen LogP) is 5.10. The van der Waals surface area contributed by atoms with Crippen LogP contribution in [0.15, 0.2) is 42.5 Å². The van der Waals surface area contributed by atoms with Crippen molar-refractivity contribution in [3.63, 3.8) is 0 Å². The lowest BCUT2D eigenvalue weighted by molar-refractivity contribution is 0.293. The van der Waals surface area contributed by atoms with Gasteiger partial charge < -0.3 is 24.4 Å². The number of benzene rings is 2. The fraction of sp³-hybridized carbons (Fsp3) is 0.409. The number of hydrogen-bond donors (Lipinski definition) is 1. The van der Waals surface area contributed by atoms with Gasteiger partial charge in [0, 0.05) is 24.8 Å². The standard InChI is InChI=1S/C22H30N2O3S/c1-5-12-24(22(28)23-18-8-7-9-19(15-18)25-3)16-17-10-11-20(27-13-6-2)21(14-17)26-4/h7-11,14-15H,5-6,12-13,16H2,1-4H3,(H,23,28). The van der Waals surface area contributed by atoms with Gasteiger partial charge in [-0.25, -0.2) is 0 Å². The molecule has 0 aliphatic rings. The number of rotatable bonds is 10. The minimum Gasteiger partial charge on any atom is -0.497 e. The Kier molecular flexibility index (Phi) is 8.88. The maximum atomic E-state index is 5.74. The van der Waals surface area contributed by atoms with Crippen LogP contribution in [0.1, 0.15) is 32.3 Å². The van der Waals surface area contributed by atoms with Gasteiger partial charge in [0.2, 0.25) is 0 Å². The Labute approximate surface area is 173 Å². The van der Waals surface area contributed by atoms with Gasteiger partial charge in [0.15, 0.2) is 16.6 Å². The molecule has 0 aliphatic carbocycles. The summed E-state index contributed by atoms with van der Waals surface area (Å²) < 4.78 is 16.5. The highest BCUT2D eigenvalue weighted by Gasteiger charge is 2.13. The lowest BCUT2D eigenvalue weighted by atomic mass is 10.2. The number of hydrogen-bond acceptors (Lipinski definition) is 4. The number of nitrogens with zero attached hydrogens (tertiary/aromatic N) is 1.